The molecule has 34 heavy (non-hydrogen) atoms. The van der Waals surface area contributed by atoms with Crippen LogP contribution >= 0.6 is 11.8 Å². The summed E-state index contributed by atoms with van der Waals surface area (Å²) in [7, 11) is 0. The number of nitrogens with one attached hydrogen (secondary N) is 1. The minimum atomic E-state index is -0.583. The summed E-state index contributed by atoms with van der Waals surface area (Å²) in [6.45, 7) is 7.10. The lowest BCUT2D eigenvalue weighted by molar-refractivity contribution is -0.139. The monoisotopic (exact) mass is 474 g/mol. The van der Waals surface area contributed by atoms with E-state index in [1.54, 1.807) is 4.90 Å². The van der Waals surface area contributed by atoms with E-state index >= 15 is 0 Å². The molecule has 178 valence electrons. The van der Waals surface area contributed by atoms with E-state index in [4.69, 9.17) is 0 Å². The second-order valence-corrected chi connectivity index (χ2v) is 9.66. The zero-order valence-electron chi connectivity index (χ0n) is 20.3. The van der Waals surface area contributed by atoms with Gasteiger partial charge in [0.2, 0.25) is 11.8 Å². The van der Waals surface area contributed by atoms with Crippen molar-refractivity contribution in [2.24, 2.45) is 0 Å². The molecule has 0 heterocycles. The molecule has 3 aromatic rings. The van der Waals surface area contributed by atoms with Crippen LogP contribution in [0.4, 0.5) is 0 Å². The van der Waals surface area contributed by atoms with Gasteiger partial charge in [0.1, 0.15) is 6.04 Å². The topological polar surface area (TPSA) is 49.4 Å². The van der Waals surface area contributed by atoms with Crippen LogP contribution < -0.4 is 5.32 Å². The fourth-order valence-electron chi connectivity index (χ4n) is 3.79. The molecule has 1 atom stereocenters. The van der Waals surface area contributed by atoms with E-state index in [1.807, 2.05) is 93.6 Å². The van der Waals surface area contributed by atoms with Crippen LogP contribution in [0.15, 0.2) is 83.8 Å². The van der Waals surface area contributed by atoms with Crippen LogP contribution in [0.1, 0.15) is 35.6 Å². The van der Waals surface area contributed by atoms with Crippen LogP contribution in [0.25, 0.3) is 0 Å². The summed E-state index contributed by atoms with van der Waals surface area (Å²) in [6, 6.07) is 25.6. The van der Waals surface area contributed by atoms with Crippen molar-refractivity contribution >= 4 is 23.6 Å². The van der Waals surface area contributed by atoms with Gasteiger partial charge in [0.15, 0.2) is 0 Å². The maximum atomic E-state index is 13.6. The summed E-state index contributed by atoms with van der Waals surface area (Å²) in [4.78, 5) is 29.7. The maximum absolute atomic E-state index is 13.6. The minimum Gasteiger partial charge on any atom is -0.354 e. The number of hydrogen-bond donors (Lipinski definition) is 1. The number of nitrogens with zero attached hydrogens (tertiary/aromatic N) is 1. The van der Waals surface area contributed by atoms with Gasteiger partial charge >= 0.3 is 0 Å². The van der Waals surface area contributed by atoms with Crippen LogP contribution in [0.2, 0.25) is 0 Å². The van der Waals surface area contributed by atoms with E-state index in [0.717, 1.165) is 28.0 Å². The van der Waals surface area contributed by atoms with Gasteiger partial charge in [-0.15, -0.1) is 11.8 Å². The molecule has 0 aliphatic carbocycles. The second-order valence-electron chi connectivity index (χ2n) is 8.61. The lowest BCUT2D eigenvalue weighted by atomic mass is 10.0. The Morgan fingerprint density at radius 2 is 1.59 bits per heavy atom. The third-order valence-corrected chi connectivity index (χ3v) is 6.64. The molecule has 3 aromatic carbocycles. The Bertz CT molecular complexity index is 1070. The van der Waals surface area contributed by atoms with Crippen LogP contribution in [0, 0.1) is 13.8 Å². The molecular formula is C29H34N2O2S. The Morgan fingerprint density at radius 3 is 2.26 bits per heavy atom. The number of benzene rings is 3. The van der Waals surface area contributed by atoms with Crippen LogP contribution in [0.5, 0.6) is 0 Å². The van der Waals surface area contributed by atoms with E-state index in [-0.39, 0.29) is 17.6 Å². The van der Waals surface area contributed by atoms with Crippen molar-refractivity contribution in [3.05, 3.63) is 101 Å². The molecule has 2 amide bonds. The number of thioether (sulfide) groups is 1. The maximum Gasteiger partial charge on any atom is 0.243 e. The quantitative estimate of drug-likeness (QED) is 0.370. The molecule has 0 radical (unpaired) electrons. The number of rotatable bonds is 11. The number of aryl methyl sites for hydroxylation is 2. The molecule has 1 N–H and O–H groups in total. The van der Waals surface area contributed by atoms with E-state index in [2.05, 4.69) is 11.4 Å². The molecule has 0 bridgehead atoms. The van der Waals surface area contributed by atoms with Crippen molar-refractivity contribution in [1.29, 1.82) is 0 Å². The predicted molar refractivity (Wildman–Crippen MR) is 141 cm³/mol. The van der Waals surface area contributed by atoms with Gasteiger partial charge in [-0.25, -0.2) is 0 Å². The summed E-state index contributed by atoms with van der Waals surface area (Å²) < 4.78 is 0. The molecular weight excluding hydrogens is 440 g/mol. The predicted octanol–water partition coefficient (Wildman–Crippen LogP) is 5.56. The van der Waals surface area contributed by atoms with Crippen LogP contribution in [-0.2, 0) is 22.6 Å². The molecule has 0 fully saturated rings. The summed E-state index contributed by atoms with van der Waals surface area (Å²) >= 11 is 1.51. The highest BCUT2D eigenvalue weighted by Gasteiger charge is 2.30. The molecule has 0 saturated heterocycles. The van der Waals surface area contributed by atoms with Gasteiger partial charge in [-0.3, -0.25) is 9.59 Å². The fraction of sp³-hybridized carbons (Fsp3) is 0.310. The third-order valence-electron chi connectivity index (χ3n) is 5.64. The molecule has 0 saturated carbocycles. The minimum absolute atomic E-state index is 0.0420. The number of carbonyl (C=O) groups excluding carboxylic acids is 2. The molecule has 3 rings (SSSR count). The van der Waals surface area contributed by atoms with Gasteiger partial charge < -0.3 is 10.2 Å². The highest BCUT2D eigenvalue weighted by atomic mass is 32.2. The van der Waals surface area contributed by atoms with E-state index in [9.17, 15) is 9.59 Å². The normalized spacial score (nSPS) is 11.6. The van der Waals surface area contributed by atoms with E-state index in [1.165, 1.54) is 17.3 Å². The zero-order chi connectivity index (χ0) is 24.3. The molecule has 0 aliphatic rings. The van der Waals surface area contributed by atoms with E-state index in [0.29, 0.717) is 19.5 Å². The van der Waals surface area contributed by atoms with Crippen molar-refractivity contribution < 1.29 is 9.59 Å². The first kappa shape index (κ1) is 25.6. The van der Waals surface area contributed by atoms with Gasteiger partial charge in [-0.1, -0.05) is 84.8 Å². The lowest BCUT2D eigenvalue weighted by Gasteiger charge is -2.31. The van der Waals surface area contributed by atoms with Gasteiger partial charge in [0, 0.05) is 24.4 Å². The number of hydrogen-bond acceptors (Lipinski definition) is 3. The van der Waals surface area contributed by atoms with Crippen LogP contribution in [-0.4, -0.2) is 35.1 Å². The van der Waals surface area contributed by atoms with E-state index < -0.39 is 6.04 Å². The fourth-order valence-corrected chi connectivity index (χ4v) is 4.57. The van der Waals surface area contributed by atoms with Gasteiger partial charge in [-0.05, 0) is 43.5 Å². The molecule has 0 aliphatic heterocycles. The first-order chi connectivity index (χ1) is 16.5. The largest absolute Gasteiger partial charge is 0.354 e. The Kier molecular flexibility index (Phi) is 9.77. The van der Waals surface area contributed by atoms with Gasteiger partial charge in [-0.2, -0.15) is 0 Å². The van der Waals surface area contributed by atoms with Gasteiger partial charge in [0.25, 0.3) is 0 Å². The first-order valence-corrected chi connectivity index (χ1v) is 12.8. The Morgan fingerprint density at radius 1 is 0.882 bits per heavy atom. The number of amides is 2. The van der Waals surface area contributed by atoms with Crippen LogP contribution in [0.3, 0.4) is 0 Å². The third kappa shape index (κ3) is 7.77. The summed E-state index contributed by atoms with van der Waals surface area (Å²) in [6.07, 6.45) is 1.32. The second kappa shape index (κ2) is 13.0. The molecule has 0 aromatic heterocycles. The summed E-state index contributed by atoms with van der Waals surface area (Å²) in [5.74, 6) is 0.132. The summed E-state index contributed by atoms with van der Waals surface area (Å²) in [5, 5.41) is 3.03. The highest BCUT2D eigenvalue weighted by molar-refractivity contribution is 8.00. The van der Waals surface area contributed by atoms with Gasteiger partial charge in [0.05, 0.1) is 5.75 Å². The zero-order valence-corrected chi connectivity index (χ0v) is 21.1. The molecule has 5 heteroatoms. The molecule has 0 unspecified atom stereocenters. The van der Waals surface area contributed by atoms with Crippen molar-refractivity contribution in [3.8, 4) is 0 Å². The summed E-state index contributed by atoms with van der Waals surface area (Å²) in [5.41, 5.74) is 4.38. The SMILES string of the molecule is CCCNC(=O)[C@H](Cc1ccccc1)N(Cc1cccc(C)c1)C(=O)CSc1ccc(C)cc1. The Balaban J connectivity index is 1.88. The average Bonchev–Trinajstić information content (AvgIpc) is 2.85. The standard InChI is InChI=1S/C29H34N2O2S/c1-4-17-30-29(33)27(19-24-10-6-5-7-11-24)31(20-25-12-8-9-23(3)18-25)28(32)21-34-26-15-13-22(2)14-16-26/h5-16,18,27H,4,17,19-21H2,1-3H3,(H,30,33)/t27-/m0/s1. The van der Waals surface area contributed by atoms with Crippen molar-refractivity contribution in [2.45, 2.75) is 51.1 Å². The van der Waals surface area contributed by atoms with Crippen molar-refractivity contribution in [1.82, 2.24) is 10.2 Å². The Hall–Kier alpha value is -3.05. The first-order valence-electron chi connectivity index (χ1n) is 11.8. The smallest absolute Gasteiger partial charge is 0.243 e. The highest BCUT2D eigenvalue weighted by Crippen LogP contribution is 2.22. The molecule has 0 spiro atoms. The Labute approximate surface area is 207 Å². The molecule has 4 nitrogen and oxygen atoms in total. The number of carbonyl (C=O) groups is 2. The van der Waals surface area contributed by atoms with Crippen molar-refractivity contribution in [2.75, 3.05) is 12.3 Å². The van der Waals surface area contributed by atoms with Crippen molar-refractivity contribution in [3.63, 3.8) is 0 Å². The average molecular weight is 475 g/mol. The lowest BCUT2D eigenvalue weighted by Crippen LogP contribution is -2.51.